The summed E-state index contributed by atoms with van der Waals surface area (Å²) in [7, 11) is 0. The minimum Gasteiger partial charge on any atom is -0.392 e. The second-order valence-corrected chi connectivity index (χ2v) is 0.474. The molecule has 0 aromatic carbocycles. The number of hydrogen-bond acceptors (Lipinski definition) is 2. The Kier molecular flexibility index (Phi) is 0.840. The fourth-order valence-electron chi connectivity index (χ4n) is 0.0559. The molecule has 0 aliphatic carbocycles. The predicted octanol–water partition coefficient (Wildman–Crippen LogP) is -0.473. The van der Waals surface area contributed by atoms with E-state index in [9.17, 15) is 0 Å². The van der Waals surface area contributed by atoms with Crippen LogP contribution >= 0.6 is 0 Å². The van der Waals surface area contributed by atoms with Crippen LogP contribution in [0.4, 0.5) is 0 Å². The van der Waals surface area contributed by atoms with E-state index in [-0.39, 0.29) is 0 Å². The van der Waals surface area contributed by atoms with Crippen molar-refractivity contribution < 1.29 is 18.4 Å². The highest BCUT2D eigenvalue weighted by Crippen LogP contribution is 1.63. The van der Waals surface area contributed by atoms with Gasteiger partial charge in [0.1, 0.15) is 0 Å². The summed E-state index contributed by atoms with van der Waals surface area (Å²) in [5.74, 6) is 0. The Bertz CT molecular complexity index is 177. The maximum Gasteiger partial charge on any atom is 0.0613 e. The molecule has 2 nitrogen and oxygen atoms in total. The van der Waals surface area contributed by atoms with Crippen molar-refractivity contribution in [1.82, 2.24) is 0 Å². The lowest BCUT2D eigenvalue weighted by molar-refractivity contribution is 0.329. The largest absolute Gasteiger partial charge is 0.392 e. The van der Waals surface area contributed by atoms with E-state index in [4.69, 9.17) is 18.4 Å². The first-order valence-electron chi connectivity index (χ1n) is 4.20. The SMILES string of the molecule is [2H]/C(=C(/[2H])C([2H])([2H])O)C([2H])([2H])O. The van der Waals surface area contributed by atoms with Gasteiger partial charge in [-0.15, -0.1) is 0 Å². The molecule has 0 rings (SSSR count). The first-order valence-corrected chi connectivity index (χ1v) is 1.20. The van der Waals surface area contributed by atoms with Gasteiger partial charge in [0.2, 0.25) is 0 Å². The van der Waals surface area contributed by atoms with Crippen molar-refractivity contribution in [2.45, 2.75) is 0 Å². The zero-order valence-electron chi connectivity index (χ0n) is 8.89. The molecular weight excluding hydrogens is 80.0 g/mol. The number of aliphatic hydroxyl groups is 2. The molecule has 2 heteroatoms. The maximum atomic E-state index is 8.51. The summed E-state index contributed by atoms with van der Waals surface area (Å²) < 4.78 is 39.6. The molecule has 0 aliphatic rings. The Labute approximate surface area is 45.2 Å². The molecule has 6 heavy (non-hydrogen) atoms. The highest BCUT2D eigenvalue weighted by molar-refractivity contribution is 4.78. The quantitative estimate of drug-likeness (QED) is 0.454. The topological polar surface area (TPSA) is 40.5 Å². The molecule has 0 saturated carbocycles. The van der Waals surface area contributed by atoms with Gasteiger partial charge in [-0.05, 0) is 0 Å². The van der Waals surface area contributed by atoms with Crippen LogP contribution in [0.25, 0.3) is 0 Å². The fourth-order valence-corrected chi connectivity index (χ4v) is 0.0559. The molecule has 0 fully saturated rings. The van der Waals surface area contributed by atoms with Crippen molar-refractivity contribution in [3.05, 3.63) is 12.1 Å². The molecule has 0 aliphatic heterocycles. The van der Waals surface area contributed by atoms with Crippen LogP contribution in [0.5, 0.6) is 0 Å². The van der Waals surface area contributed by atoms with Gasteiger partial charge >= 0.3 is 0 Å². The van der Waals surface area contributed by atoms with Crippen molar-refractivity contribution >= 4 is 0 Å². The summed E-state index contributed by atoms with van der Waals surface area (Å²) in [6, 6.07) is -2.59. The molecule has 0 bridgehead atoms. The van der Waals surface area contributed by atoms with Crippen molar-refractivity contribution in [3.8, 4) is 0 Å². The van der Waals surface area contributed by atoms with Gasteiger partial charge < -0.3 is 10.2 Å². The molecule has 0 amide bonds. The van der Waals surface area contributed by atoms with E-state index < -0.39 is 25.2 Å². The van der Waals surface area contributed by atoms with E-state index in [0.29, 0.717) is 0 Å². The molecule has 2 N–H and O–H groups in total. The Morgan fingerprint density at radius 3 is 2.00 bits per heavy atom. The zero-order valence-corrected chi connectivity index (χ0v) is 2.89. The van der Waals surface area contributed by atoms with Crippen LogP contribution in [0.3, 0.4) is 0 Å². The average molecular weight is 94.1 g/mol. The van der Waals surface area contributed by atoms with Gasteiger partial charge in [0, 0.05) is 0 Å². The predicted molar refractivity (Wildman–Crippen MR) is 23.3 cm³/mol. The van der Waals surface area contributed by atoms with Crippen molar-refractivity contribution in [2.75, 3.05) is 13.1 Å². The van der Waals surface area contributed by atoms with E-state index >= 15 is 0 Å². The van der Waals surface area contributed by atoms with Gasteiger partial charge in [-0.2, -0.15) is 0 Å². The summed E-state index contributed by atoms with van der Waals surface area (Å²) in [6.07, 6.45) is 0. The van der Waals surface area contributed by atoms with Crippen LogP contribution < -0.4 is 0 Å². The minimum atomic E-state index is -3.10. The highest BCUT2D eigenvalue weighted by Gasteiger charge is 1.61. The fraction of sp³-hybridized carbons (Fsp3) is 0.500. The molecule has 0 atom stereocenters. The lowest BCUT2D eigenvalue weighted by Gasteiger charge is -1.73. The molecule has 36 valence electrons. The van der Waals surface area contributed by atoms with Gasteiger partial charge in [0.25, 0.3) is 0 Å². The van der Waals surface area contributed by atoms with Gasteiger partial charge in [-0.25, -0.2) is 0 Å². The molecule has 0 heterocycles. The Hall–Kier alpha value is -0.340. The summed E-state index contributed by atoms with van der Waals surface area (Å²) in [4.78, 5) is 0. The van der Waals surface area contributed by atoms with Crippen LogP contribution in [-0.2, 0) is 0 Å². The van der Waals surface area contributed by atoms with Gasteiger partial charge in [-0.1, -0.05) is 12.1 Å². The van der Waals surface area contributed by atoms with E-state index in [1.165, 1.54) is 0 Å². The average Bonchev–Trinajstić information content (AvgIpc) is 1.80. The van der Waals surface area contributed by atoms with E-state index in [1.54, 1.807) is 0 Å². The summed E-state index contributed by atoms with van der Waals surface area (Å²) in [5, 5.41) is 17.0. The molecule has 0 unspecified atom stereocenters. The number of hydrogen-bond donors (Lipinski definition) is 2. The normalized spacial score (nSPS) is 33.0. The van der Waals surface area contributed by atoms with Crippen molar-refractivity contribution in [3.63, 3.8) is 0 Å². The molecule has 0 aromatic rings. The van der Waals surface area contributed by atoms with Crippen LogP contribution in [0.15, 0.2) is 12.1 Å². The first kappa shape index (κ1) is 1.08. The third-order valence-electron chi connectivity index (χ3n) is 0.174. The van der Waals surface area contributed by atoms with Crippen LogP contribution in [-0.4, -0.2) is 23.3 Å². The number of rotatable bonds is 2. The monoisotopic (exact) mass is 94.1 g/mol. The van der Waals surface area contributed by atoms with Crippen LogP contribution in [0, 0.1) is 0 Å². The highest BCUT2D eigenvalue weighted by atomic mass is 16.3. The summed E-state index contributed by atoms with van der Waals surface area (Å²) in [5.41, 5.74) is 0. The second kappa shape index (κ2) is 4.66. The lowest BCUT2D eigenvalue weighted by atomic mass is 10.5. The molecule has 0 radical (unpaired) electrons. The molecule has 0 saturated heterocycles. The molecular formula is C4H8O2. The maximum absolute atomic E-state index is 8.51. The minimum absolute atomic E-state index is 1.30. The molecule has 0 aromatic heterocycles. The van der Waals surface area contributed by atoms with E-state index in [1.807, 2.05) is 0 Å². The smallest absolute Gasteiger partial charge is 0.0613 e. The summed E-state index contributed by atoms with van der Waals surface area (Å²) >= 11 is 0. The second-order valence-electron chi connectivity index (χ2n) is 0.474. The van der Waals surface area contributed by atoms with Crippen LogP contribution in [0.2, 0.25) is 0 Å². The lowest BCUT2D eigenvalue weighted by Crippen LogP contribution is -1.74. The van der Waals surface area contributed by atoms with Crippen molar-refractivity contribution in [1.29, 1.82) is 0 Å². The zero-order chi connectivity index (χ0) is 10.2. The van der Waals surface area contributed by atoms with Crippen molar-refractivity contribution in [2.24, 2.45) is 0 Å². The Balaban J connectivity index is 4.96. The third kappa shape index (κ3) is 3.66. The Morgan fingerprint density at radius 1 is 1.50 bits per heavy atom. The molecule has 0 spiro atoms. The van der Waals surface area contributed by atoms with E-state index in [2.05, 4.69) is 0 Å². The van der Waals surface area contributed by atoms with Crippen LogP contribution in [0.1, 0.15) is 8.22 Å². The van der Waals surface area contributed by atoms with Gasteiger partial charge in [0.15, 0.2) is 0 Å². The standard InChI is InChI=1S/C4H8O2/c5-3-1-2-4-6/h1-2,5-6H,3-4H2/b2-1+/i1D,2D,3D2,4D2. The Morgan fingerprint density at radius 2 is 1.83 bits per heavy atom. The van der Waals surface area contributed by atoms with Gasteiger partial charge in [-0.3, -0.25) is 0 Å². The summed E-state index contributed by atoms with van der Waals surface area (Å²) in [6.45, 7) is -6.21. The van der Waals surface area contributed by atoms with Gasteiger partial charge in [0.05, 0.1) is 21.3 Å². The third-order valence-corrected chi connectivity index (χ3v) is 0.174. The van der Waals surface area contributed by atoms with E-state index in [0.717, 1.165) is 0 Å². The first-order chi connectivity index (χ1) is 5.07.